The van der Waals surface area contributed by atoms with Crippen LogP contribution in [0.5, 0.6) is 5.75 Å². The van der Waals surface area contributed by atoms with Crippen LogP contribution in [0, 0.1) is 15.9 Å². The van der Waals surface area contributed by atoms with E-state index in [1.165, 1.54) is 0 Å². The first kappa shape index (κ1) is 27.1. The van der Waals surface area contributed by atoms with E-state index in [1.54, 1.807) is 5.32 Å². The molecule has 0 aliphatic heterocycles. The number of amides is 1. The summed E-state index contributed by atoms with van der Waals surface area (Å²) in [6.07, 6.45) is -13.2. The Morgan fingerprint density at radius 2 is 1.59 bits per heavy atom. The van der Waals surface area contributed by atoms with Crippen LogP contribution in [0.3, 0.4) is 0 Å². The number of nitrogens with zero attached hydrogens (tertiary/aromatic N) is 1. The maximum Gasteiger partial charge on any atom is 0.435 e. The molecule has 6 nitrogen and oxygen atoms in total. The zero-order valence-electron chi connectivity index (χ0n) is 15.7. The molecule has 2 aromatic rings. The van der Waals surface area contributed by atoms with Gasteiger partial charge in [0.25, 0.3) is 5.91 Å². The molecule has 0 radical (unpaired) electrons. The van der Waals surface area contributed by atoms with Gasteiger partial charge in [0.05, 0.1) is 10.6 Å². The van der Waals surface area contributed by atoms with E-state index in [0.29, 0.717) is 18.2 Å². The van der Waals surface area contributed by atoms with Crippen LogP contribution in [0.4, 0.5) is 55.3 Å². The third-order valence-corrected chi connectivity index (χ3v) is 4.72. The molecule has 1 N–H and O–H groups in total. The summed E-state index contributed by atoms with van der Waals surface area (Å²) in [7, 11) is 0. The van der Waals surface area contributed by atoms with Crippen molar-refractivity contribution >= 4 is 33.2 Å². The van der Waals surface area contributed by atoms with Gasteiger partial charge in [-0.25, -0.2) is 4.39 Å². The molecule has 0 bridgehead atoms. The lowest BCUT2D eigenvalue weighted by Gasteiger charge is -2.31. The van der Waals surface area contributed by atoms with E-state index >= 15 is 0 Å². The molecule has 0 fully saturated rings. The number of nitrogens with one attached hydrogen (secondary N) is 1. The second-order valence-corrected chi connectivity index (χ2v) is 7.10. The summed E-state index contributed by atoms with van der Waals surface area (Å²) < 4.78 is 134. The Kier molecular flexibility index (Phi) is 7.39. The highest BCUT2D eigenvalue weighted by atomic mass is 79.9. The van der Waals surface area contributed by atoms with Gasteiger partial charge in [-0.1, -0.05) is 0 Å². The Bertz CT molecular complexity index is 1110. The van der Waals surface area contributed by atoms with Crippen molar-refractivity contribution in [1.82, 2.24) is 0 Å². The maximum absolute atomic E-state index is 14.4. The van der Waals surface area contributed by atoms with Crippen molar-refractivity contribution < 1.29 is 58.4 Å². The molecule has 0 saturated heterocycles. The zero-order chi connectivity index (χ0) is 26.2. The standard InChI is InChI=1S/C17H7BrF10N2O4/c18-8-4-7(15(22,16(23,24)25)17(26,27)28)5-11(34-14(20)21)12(8)29-13(31)6-1-2-9(19)10(3-6)30(32)33/h1-5,14H,(H,29,31). The first-order chi connectivity index (χ1) is 15.4. The third-order valence-electron chi connectivity index (χ3n) is 4.09. The second kappa shape index (κ2) is 9.27. The number of carbonyl (C=O) groups is 1. The molecule has 2 aromatic carbocycles. The van der Waals surface area contributed by atoms with E-state index in [4.69, 9.17) is 0 Å². The van der Waals surface area contributed by atoms with E-state index in [1.807, 2.05) is 0 Å². The number of rotatable bonds is 6. The summed E-state index contributed by atoms with van der Waals surface area (Å²) in [5.74, 6) is -4.26. The third kappa shape index (κ3) is 5.18. The minimum atomic E-state index is -6.58. The fourth-order valence-electron chi connectivity index (χ4n) is 2.56. The summed E-state index contributed by atoms with van der Waals surface area (Å²) in [4.78, 5) is 21.9. The molecule has 0 heterocycles. The lowest BCUT2D eigenvalue weighted by Crippen LogP contribution is -2.50. The molecule has 0 unspecified atom stereocenters. The number of carbonyl (C=O) groups excluding carboxylic acids is 1. The van der Waals surface area contributed by atoms with Crippen LogP contribution in [-0.2, 0) is 5.67 Å². The predicted octanol–water partition coefficient (Wildman–Crippen LogP) is 6.64. The molecule has 0 atom stereocenters. The number of hydrogen-bond donors (Lipinski definition) is 1. The quantitative estimate of drug-likeness (QED) is 0.239. The number of anilines is 1. The molecule has 17 heteroatoms. The fraction of sp³-hybridized carbons (Fsp3) is 0.235. The lowest BCUT2D eigenvalue weighted by molar-refractivity contribution is -0.387. The van der Waals surface area contributed by atoms with E-state index in [-0.39, 0.29) is 12.1 Å². The van der Waals surface area contributed by atoms with E-state index in [2.05, 4.69) is 20.7 Å². The molecule has 34 heavy (non-hydrogen) atoms. The smallest absolute Gasteiger partial charge is 0.433 e. The van der Waals surface area contributed by atoms with Crippen LogP contribution in [0.25, 0.3) is 0 Å². The molecular formula is C17H7BrF10N2O4. The molecule has 0 saturated carbocycles. The minimum Gasteiger partial charge on any atom is -0.433 e. The van der Waals surface area contributed by atoms with Crippen LogP contribution in [-0.4, -0.2) is 29.8 Å². The fourth-order valence-corrected chi connectivity index (χ4v) is 3.10. The van der Waals surface area contributed by atoms with Gasteiger partial charge in [0.2, 0.25) is 5.82 Å². The van der Waals surface area contributed by atoms with Crippen LogP contribution < -0.4 is 10.1 Å². The SMILES string of the molecule is O=C(Nc1c(Br)cc(C(F)(C(F)(F)F)C(F)(F)F)cc1OC(F)F)c1ccc(F)c([N+](=O)[O-])c1. The molecular weight excluding hydrogens is 566 g/mol. The van der Waals surface area contributed by atoms with Crippen molar-refractivity contribution in [2.75, 3.05) is 5.32 Å². The Labute approximate surface area is 189 Å². The summed E-state index contributed by atoms with van der Waals surface area (Å²) >= 11 is 2.46. The molecule has 2 rings (SSSR count). The van der Waals surface area contributed by atoms with Crippen molar-refractivity contribution in [3.63, 3.8) is 0 Å². The number of hydrogen-bond acceptors (Lipinski definition) is 4. The van der Waals surface area contributed by atoms with Gasteiger partial charge < -0.3 is 10.1 Å². The summed E-state index contributed by atoms with van der Waals surface area (Å²) in [6, 6.07) is 1.18. The van der Waals surface area contributed by atoms with Gasteiger partial charge in [-0.15, -0.1) is 0 Å². The van der Waals surface area contributed by atoms with Gasteiger partial charge in [0.15, 0.2) is 5.75 Å². The average Bonchev–Trinajstić information content (AvgIpc) is 2.67. The number of nitro benzene ring substituents is 1. The Balaban J connectivity index is 2.63. The number of nitro groups is 1. The highest BCUT2D eigenvalue weighted by Gasteiger charge is 2.73. The van der Waals surface area contributed by atoms with Crippen molar-refractivity contribution in [3.05, 3.63) is 61.9 Å². The van der Waals surface area contributed by atoms with Crippen LogP contribution in [0.1, 0.15) is 15.9 Å². The minimum absolute atomic E-state index is 0.0813. The molecule has 0 spiro atoms. The Morgan fingerprint density at radius 1 is 1.03 bits per heavy atom. The number of halogens is 11. The van der Waals surface area contributed by atoms with E-state index < -0.39 is 74.0 Å². The van der Waals surface area contributed by atoms with Crippen molar-refractivity contribution in [2.24, 2.45) is 0 Å². The van der Waals surface area contributed by atoms with Gasteiger partial charge in [0, 0.05) is 21.7 Å². The number of benzene rings is 2. The van der Waals surface area contributed by atoms with Gasteiger partial charge in [0.1, 0.15) is 0 Å². The van der Waals surface area contributed by atoms with Crippen LogP contribution in [0.2, 0.25) is 0 Å². The summed E-state index contributed by atoms with van der Waals surface area (Å²) in [6.45, 7) is -3.85. The largest absolute Gasteiger partial charge is 0.435 e. The predicted molar refractivity (Wildman–Crippen MR) is 96.7 cm³/mol. The van der Waals surface area contributed by atoms with Gasteiger partial charge >= 0.3 is 30.3 Å². The lowest BCUT2D eigenvalue weighted by atomic mass is 9.93. The normalized spacial score (nSPS) is 12.6. The Morgan fingerprint density at radius 3 is 2.06 bits per heavy atom. The number of ether oxygens (including phenoxy) is 1. The average molecular weight is 573 g/mol. The topological polar surface area (TPSA) is 81.5 Å². The summed E-state index contributed by atoms with van der Waals surface area (Å²) in [5.41, 5.74) is -11.0. The summed E-state index contributed by atoms with van der Waals surface area (Å²) in [5, 5.41) is 12.5. The van der Waals surface area contributed by atoms with Crippen LogP contribution in [0.15, 0.2) is 34.8 Å². The number of alkyl halides is 9. The van der Waals surface area contributed by atoms with E-state index in [0.717, 1.165) is 0 Å². The molecule has 0 aliphatic carbocycles. The van der Waals surface area contributed by atoms with Gasteiger partial charge in [-0.2, -0.15) is 39.5 Å². The van der Waals surface area contributed by atoms with Crippen molar-refractivity contribution in [2.45, 2.75) is 24.6 Å². The van der Waals surface area contributed by atoms with Gasteiger partial charge in [-0.3, -0.25) is 14.9 Å². The second-order valence-electron chi connectivity index (χ2n) is 6.24. The Hall–Kier alpha value is -3.11. The molecule has 0 aliphatic rings. The first-order valence-corrected chi connectivity index (χ1v) is 9.06. The zero-order valence-corrected chi connectivity index (χ0v) is 17.3. The van der Waals surface area contributed by atoms with Crippen molar-refractivity contribution in [3.8, 4) is 5.75 Å². The van der Waals surface area contributed by atoms with Crippen molar-refractivity contribution in [1.29, 1.82) is 0 Å². The maximum atomic E-state index is 14.4. The molecule has 1 amide bonds. The monoisotopic (exact) mass is 572 g/mol. The highest BCUT2D eigenvalue weighted by molar-refractivity contribution is 9.10. The molecule has 0 aromatic heterocycles. The van der Waals surface area contributed by atoms with E-state index in [9.17, 15) is 58.8 Å². The molecule has 186 valence electrons. The first-order valence-electron chi connectivity index (χ1n) is 8.26. The van der Waals surface area contributed by atoms with Gasteiger partial charge in [-0.05, 0) is 40.2 Å². The van der Waals surface area contributed by atoms with Crippen LogP contribution >= 0.6 is 15.9 Å². The highest BCUT2D eigenvalue weighted by Crippen LogP contribution is 2.55.